The summed E-state index contributed by atoms with van der Waals surface area (Å²) in [5.74, 6) is 1.32. The fraction of sp³-hybridized carbons (Fsp3) is 0.435. The first-order chi connectivity index (χ1) is 16.9. The standard InChI is InChI=1S/C23H28N6O5S/c24-22-21-17(26-35(31,32)27-22)5-1-7-19(21)34-15-16-4-3-9-29(14-16)20-8-2-6-18(25-20)23(30)28-10-12-33-13-11-28/h1-2,5-8,16,26H,3-4,9-15H2,(H2,24,27)/t16-/m0/s1. The van der Waals surface area contributed by atoms with E-state index in [1.807, 2.05) is 12.1 Å². The number of hydrogen-bond acceptors (Lipinski definition) is 8. The molecule has 3 aliphatic rings. The number of carbonyl (C=O) groups excluding carboxylic acids is 1. The molecule has 1 amide bonds. The van der Waals surface area contributed by atoms with Crippen molar-refractivity contribution in [1.29, 1.82) is 0 Å². The quantitative estimate of drug-likeness (QED) is 0.625. The van der Waals surface area contributed by atoms with Crippen LogP contribution in [0.1, 0.15) is 28.9 Å². The molecule has 3 aliphatic heterocycles. The molecular weight excluding hydrogens is 472 g/mol. The van der Waals surface area contributed by atoms with Crippen molar-refractivity contribution in [2.24, 2.45) is 16.0 Å². The van der Waals surface area contributed by atoms with E-state index in [1.165, 1.54) is 0 Å². The zero-order valence-electron chi connectivity index (χ0n) is 19.2. The molecule has 12 heteroatoms. The van der Waals surface area contributed by atoms with Crippen LogP contribution in [0.2, 0.25) is 0 Å². The largest absolute Gasteiger partial charge is 0.492 e. The summed E-state index contributed by atoms with van der Waals surface area (Å²) in [5.41, 5.74) is 7.16. The number of ether oxygens (including phenoxy) is 2. The second kappa shape index (κ2) is 9.70. The van der Waals surface area contributed by atoms with Gasteiger partial charge in [-0.2, -0.15) is 8.42 Å². The summed E-state index contributed by atoms with van der Waals surface area (Å²) in [6.45, 7) is 4.26. The Morgan fingerprint density at radius 2 is 1.97 bits per heavy atom. The number of anilines is 2. The second-order valence-electron chi connectivity index (χ2n) is 8.78. The zero-order chi connectivity index (χ0) is 24.4. The summed E-state index contributed by atoms with van der Waals surface area (Å²) >= 11 is 0. The highest BCUT2D eigenvalue weighted by atomic mass is 32.2. The van der Waals surface area contributed by atoms with Crippen molar-refractivity contribution >= 4 is 33.5 Å². The molecule has 0 saturated carbocycles. The Hall–Kier alpha value is -3.38. The molecule has 4 heterocycles. The van der Waals surface area contributed by atoms with Crippen LogP contribution >= 0.6 is 0 Å². The number of hydrogen-bond donors (Lipinski definition) is 2. The van der Waals surface area contributed by atoms with Crippen LogP contribution in [0.25, 0.3) is 0 Å². The normalized spacial score (nSPS) is 21.5. The Kier molecular flexibility index (Phi) is 6.48. The van der Waals surface area contributed by atoms with Crippen LogP contribution in [0.4, 0.5) is 11.5 Å². The second-order valence-corrected chi connectivity index (χ2v) is 10.1. The fourth-order valence-corrected chi connectivity index (χ4v) is 5.45. The number of carbonyl (C=O) groups is 1. The summed E-state index contributed by atoms with van der Waals surface area (Å²) in [5, 5.41) is 0. The molecule has 3 N–H and O–H groups in total. The number of benzene rings is 1. The molecule has 11 nitrogen and oxygen atoms in total. The summed E-state index contributed by atoms with van der Waals surface area (Å²) in [6, 6.07) is 10.6. The Morgan fingerprint density at radius 3 is 2.80 bits per heavy atom. The Morgan fingerprint density at radius 1 is 1.17 bits per heavy atom. The van der Waals surface area contributed by atoms with E-state index in [9.17, 15) is 13.2 Å². The van der Waals surface area contributed by atoms with Crippen molar-refractivity contribution in [3.8, 4) is 5.75 Å². The van der Waals surface area contributed by atoms with Gasteiger partial charge in [-0.1, -0.05) is 12.1 Å². The first-order valence-corrected chi connectivity index (χ1v) is 13.1. The van der Waals surface area contributed by atoms with Gasteiger partial charge in [0.05, 0.1) is 31.1 Å². The van der Waals surface area contributed by atoms with Gasteiger partial charge in [0.25, 0.3) is 5.91 Å². The van der Waals surface area contributed by atoms with E-state index in [0.29, 0.717) is 55.6 Å². The highest BCUT2D eigenvalue weighted by Crippen LogP contribution is 2.31. The third-order valence-electron chi connectivity index (χ3n) is 6.31. The fourth-order valence-electron chi connectivity index (χ4n) is 4.60. The van der Waals surface area contributed by atoms with Gasteiger partial charge in [-0.3, -0.25) is 9.52 Å². The first-order valence-electron chi connectivity index (χ1n) is 11.6. The monoisotopic (exact) mass is 500 g/mol. The van der Waals surface area contributed by atoms with Crippen LogP contribution in [-0.4, -0.2) is 76.0 Å². The molecule has 0 spiro atoms. The van der Waals surface area contributed by atoms with Crippen LogP contribution in [-0.2, 0) is 14.9 Å². The van der Waals surface area contributed by atoms with Gasteiger partial charge < -0.3 is 25.0 Å². The maximum atomic E-state index is 12.8. The lowest BCUT2D eigenvalue weighted by Crippen LogP contribution is -2.41. The predicted molar refractivity (Wildman–Crippen MR) is 131 cm³/mol. The van der Waals surface area contributed by atoms with E-state index < -0.39 is 10.2 Å². The van der Waals surface area contributed by atoms with Crippen LogP contribution in [0.15, 0.2) is 40.8 Å². The van der Waals surface area contributed by atoms with Gasteiger partial charge >= 0.3 is 10.2 Å². The number of aromatic nitrogens is 1. The maximum Gasteiger partial charge on any atom is 0.344 e. The number of piperidine rings is 1. The number of amides is 1. The van der Waals surface area contributed by atoms with Gasteiger partial charge in [-0.15, -0.1) is 4.40 Å². The number of nitrogens with two attached hydrogens (primary N) is 1. The Labute approximate surface area is 204 Å². The van der Waals surface area contributed by atoms with Crippen LogP contribution in [0.3, 0.4) is 0 Å². The zero-order valence-corrected chi connectivity index (χ0v) is 20.0. The van der Waals surface area contributed by atoms with Crippen molar-refractivity contribution in [1.82, 2.24) is 9.88 Å². The van der Waals surface area contributed by atoms with Gasteiger partial charge in [0.1, 0.15) is 17.3 Å². The molecule has 186 valence electrons. The van der Waals surface area contributed by atoms with Crippen molar-refractivity contribution < 1.29 is 22.7 Å². The molecule has 2 aromatic rings. The van der Waals surface area contributed by atoms with Crippen LogP contribution in [0, 0.1) is 5.92 Å². The van der Waals surface area contributed by atoms with Crippen molar-refractivity contribution in [3.63, 3.8) is 0 Å². The van der Waals surface area contributed by atoms with Gasteiger partial charge in [0, 0.05) is 32.1 Å². The molecule has 0 bridgehead atoms. The molecule has 2 fully saturated rings. The molecule has 35 heavy (non-hydrogen) atoms. The summed E-state index contributed by atoms with van der Waals surface area (Å²) in [7, 11) is -3.84. The topological polar surface area (TPSA) is 139 Å². The van der Waals surface area contributed by atoms with E-state index in [2.05, 4.69) is 19.0 Å². The minimum absolute atomic E-state index is 0.0734. The molecular formula is C23H28N6O5S. The van der Waals surface area contributed by atoms with Crippen molar-refractivity contribution in [2.75, 3.05) is 55.6 Å². The Bertz CT molecular complexity index is 1240. The van der Waals surface area contributed by atoms with E-state index in [0.717, 1.165) is 31.7 Å². The minimum Gasteiger partial charge on any atom is -0.492 e. The Balaban J connectivity index is 1.25. The highest BCUT2D eigenvalue weighted by molar-refractivity contribution is 7.91. The first kappa shape index (κ1) is 23.4. The maximum absolute atomic E-state index is 12.8. The molecule has 1 aromatic heterocycles. The van der Waals surface area contributed by atoms with Gasteiger partial charge in [0.2, 0.25) is 0 Å². The number of pyridine rings is 1. The van der Waals surface area contributed by atoms with Crippen molar-refractivity contribution in [3.05, 3.63) is 47.7 Å². The third kappa shape index (κ3) is 5.17. The van der Waals surface area contributed by atoms with Gasteiger partial charge in [0.15, 0.2) is 5.84 Å². The summed E-state index contributed by atoms with van der Waals surface area (Å²) < 4.78 is 41.0. The molecule has 0 unspecified atom stereocenters. The number of rotatable bonds is 5. The third-order valence-corrected chi connectivity index (χ3v) is 7.22. The van der Waals surface area contributed by atoms with Gasteiger partial charge in [-0.25, -0.2) is 4.98 Å². The molecule has 2 saturated heterocycles. The summed E-state index contributed by atoms with van der Waals surface area (Å²) in [4.78, 5) is 21.5. The number of nitrogens with one attached hydrogen (secondary N) is 1. The lowest BCUT2D eigenvalue weighted by atomic mass is 9.99. The molecule has 1 aromatic carbocycles. The average Bonchev–Trinajstić information content (AvgIpc) is 2.87. The molecule has 0 radical (unpaired) electrons. The molecule has 5 rings (SSSR count). The number of fused-ring (bicyclic) bond motifs is 1. The van der Waals surface area contributed by atoms with Crippen LogP contribution < -0.4 is 20.1 Å². The SMILES string of the molecule is NC1=NS(=O)(=O)Nc2cccc(OC[C@H]3CCCN(c4cccc(C(=O)N5CCOCC5)n4)C3)c21. The minimum atomic E-state index is -3.84. The van der Waals surface area contributed by atoms with Crippen molar-refractivity contribution in [2.45, 2.75) is 12.8 Å². The van der Waals surface area contributed by atoms with E-state index >= 15 is 0 Å². The van der Waals surface area contributed by atoms with E-state index in [1.54, 1.807) is 29.2 Å². The number of morpholine rings is 1. The average molecular weight is 501 g/mol. The molecule has 1 atom stereocenters. The number of nitrogens with zero attached hydrogens (tertiary/aromatic N) is 4. The van der Waals surface area contributed by atoms with E-state index in [4.69, 9.17) is 15.2 Å². The summed E-state index contributed by atoms with van der Waals surface area (Å²) in [6.07, 6.45) is 1.95. The van der Waals surface area contributed by atoms with Crippen LogP contribution in [0.5, 0.6) is 5.75 Å². The van der Waals surface area contributed by atoms with Gasteiger partial charge in [-0.05, 0) is 37.1 Å². The predicted octanol–water partition coefficient (Wildman–Crippen LogP) is 1.22. The highest BCUT2D eigenvalue weighted by Gasteiger charge is 2.27. The lowest BCUT2D eigenvalue weighted by Gasteiger charge is -2.34. The smallest absolute Gasteiger partial charge is 0.344 e. The van der Waals surface area contributed by atoms with E-state index in [-0.39, 0.29) is 17.7 Å². The molecule has 0 aliphatic carbocycles. The lowest BCUT2D eigenvalue weighted by molar-refractivity contribution is 0.0299. The number of amidine groups is 1.